The summed E-state index contributed by atoms with van der Waals surface area (Å²) in [4.78, 5) is 15.9. The van der Waals surface area contributed by atoms with Crippen LogP contribution in [0.5, 0.6) is 0 Å². The molecule has 1 amide bonds. The van der Waals surface area contributed by atoms with Crippen LogP contribution >= 0.6 is 0 Å². The molecular weight excluding hydrogens is 316 g/mol. The fraction of sp³-hybridized carbons (Fsp3) is 0.650. The molecule has 1 aromatic rings. The van der Waals surface area contributed by atoms with Gasteiger partial charge in [0.15, 0.2) is 0 Å². The summed E-state index contributed by atoms with van der Waals surface area (Å²) in [5.41, 5.74) is 0.996. The van der Waals surface area contributed by atoms with E-state index in [4.69, 9.17) is 9.47 Å². The summed E-state index contributed by atoms with van der Waals surface area (Å²) >= 11 is 0. The van der Waals surface area contributed by atoms with Crippen molar-refractivity contribution in [3.8, 4) is 0 Å². The van der Waals surface area contributed by atoms with Crippen molar-refractivity contribution >= 4 is 6.09 Å². The Morgan fingerprint density at radius 2 is 2.00 bits per heavy atom. The second-order valence-electron chi connectivity index (χ2n) is 7.35. The number of likely N-dealkylation sites (N-methyl/N-ethyl adjacent to an activating group) is 1. The third-order valence-electron chi connectivity index (χ3n) is 5.26. The number of amides is 1. The predicted octanol–water partition coefficient (Wildman–Crippen LogP) is 3.29. The van der Waals surface area contributed by atoms with E-state index in [1.165, 1.54) is 5.56 Å². The van der Waals surface area contributed by atoms with Gasteiger partial charge in [0.1, 0.15) is 5.60 Å². The van der Waals surface area contributed by atoms with Gasteiger partial charge in [-0.05, 0) is 44.3 Å². The highest BCUT2D eigenvalue weighted by atomic mass is 16.6. The lowest BCUT2D eigenvalue weighted by Crippen LogP contribution is -2.35. The summed E-state index contributed by atoms with van der Waals surface area (Å²) in [6.07, 6.45) is 5.12. The Morgan fingerprint density at radius 1 is 1.16 bits per heavy atom. The van der Waals surface area contributed by atoms with E-state index in [1.54, 1.807) is 4.90 Å². The zero-order valence-corrected chi connectivity index (χ0v) is 15.3. The molecule has 138 valence electrons. The minimum Gasteiger partial charge on any atom is -0.441 e. The smallest absolute Gasteiger partial charge is 0.410 e. The van der Waals surface area contributed by atoms with Crippen LogP contribution < -0.4 is 0 Å². The lowest BCUT2D eigenvalue weighted by atomic mass is 9.95. The molecule has 0 unspecified atom stereocenters. The van der Waals surface area contributed by atoms with Gasteiger partial charge in [-0.1, -0.05) is 30.3 Å². The van der Waals surface area contributed by atoms with E-state index >= 15 is 0 Å². The van der Waals surface area contributed by atoms with Crippen molar-refractivity contribution in [2.24, 2.45) is 0 Å². The molecule has 0 saturated carbocycles. The number of likely N-dealkylation sites (tertiary alicyclic amines) is 1. The third-order valence-corrected chi connectivity index (χ3v) is 5.26. The summed E-state index contributed by atoms with van der Waals surface area (Å²) < 4.78 is 11.4. The number of rotatable bonds is 7. The van der Waals surface area contributed by atoms with Crippen LogP contribution in [-0.2, 0) is 16.1 Å². The molecule has 1 atom stereocenters. The van der Waals surface area contributed by atoms with E-state index in [0.29, 0.717) is 6.61 Å². The molecule has 5 heteroatoms. The average Bonchev–Trinajstić information content (AvgIpc) is 2.78. The van der Waals surface area contributed by atoms with Crippen molar-refractivity contribution in [1.82, 2.24) is 9.80 Å². The molecule has 2 fully saturated rings. The fourth-order valence-electron chi connectivity index (χ4n) is 3.80. The van der Waals surface area contributed by atoms with Crippen LogP contribution in [0.25, 0.3) is 0 Å². The Bertz CT molecular complexity index is 551. The van der Waals surface area contributed by atoms with Crippen molar-refractivity contribution in [3.63, 3.8) is 0 Å². The topological polar surface area (TPSA) is 42.0 Å². The predicted molar refractivity (Wildman–Crippen MR) is 97.5 cm³/mol. The van der Waals surface area contributed by atoms with Gasteiger partial charge in [0.2, 0.25) is 0 Å². The highest BCUT2D eigenvalue weighted by molar-refractivity contribution is 5.70. The van der Waals surface area contributed by atoms with Crippen molar-refractivity contribution in [2.45, 2.75) is 44.3 Å². The third kappa shape index (κ3) is 5.19. The van der Waals surface area contributed by atoms with E-state index in [0.717, 1.165) is 64.9 Å². The fourth-order valence-corrected chi connectivity index (χ4v) is 3.80. The summed E-state index contributed by atoms with van der Waals surface area (Å²) in [6, 6.07) is 10.3. The summed E-state index contributed by atoms with van der Waals surface area (Å²) in [5.74, 6) is 0. The molecule has 2 aliphatic rings. The van der Waals surface area contributed by atoms with E-state index in [-0.39, 0.29) is 11.7 Å². The van der Waals surface area contributed by atoms with Crippen molar-refractivity contribution in [2.75, 3.05) is 39.8 Å². The van der Waals surface area contributed by atoms with Gasteiger partial charge in [-0.2, -0.15) is 0 Å². The molecule has 2 aliphatic heterocycles. The molecule has 0 N–H and O–H groups in total. The number of nitrogens with zero attached hydrogens (tertiary/aromatic N) is 2. The second kappa shape index (κ2) is 8.68. The Balaban J connectivity index is 1.30. The summed E-state index contributed by atoms with van der Waals surface area (Å²) in [5, 5.41) is 0. The van der Waals surface area contributed by atoms with Gasteiger partial charge >= 0.3 is 6.09 Å². The van der Waals surface area contributed by atoms with E-state index in [2.05, 4.69) is 17.0 Å². The van der Waals surface area contributed by atoms with Gasteiger partial charge in [0.05, 0.1) is 13.2 Å². The first kappa shape index (κ1) is 18.2. The highest BCUT2D eigenvalue weighted by Gasteiger charge is 2.44. The molecule has 2 heterocycles. The molecule has 25 heavy (non-hydrogen) atoms. The van der Waals surface area contributed by atoms with Gasteiger partial charge in [-0.3, -0.25) is 0 Å². The molecule has 0 aromatic heterocycles. The minimum absolute atomic E-state index is 0.163. The largest absolute Gasteiger partial charge is 0.441 e. The number of ether oxygens (including phenoxy) is 2. The van der Waals surface area contributed by atoms with Gasteiger partial charge in [0.25, 0.3) is 0 Å². The summed E-state index contributed by atoms with van der Waals surface area (Å²) in [7, 11) is 1.83. The normalized spacial score (nSPS) is 24.5. The van der Waals surface area contributed by atoms with Gasteiger partial charge in [-0.15, -0.1) is 0 Å². The Kier molecular flexibility index (Phi) is 6.32. The van der Waals surface area contributed by atoms with Gasteiger partial charge in [-0.25, -0.2) is 4.79 Å². The van der Waals surface area contributed by atoms with Crippen LogP contribution in [0, 0.1) is 0 Å². The zero-order chi connectivity index (χ0) is 17.5. The lowest BCUT2D eigenvalue weighted by Gasteiger charge is -2.25. The SMILES string of the molecule is CN1C[C@]2(CCCN(CCCCOCc3ccccc3)CC2)OC1=O. The molecular formula is C20H30N2O3. The van der Waals surface area contributed by atoms with Crippen LogP contribution in [0.4, 0.5) is 4.79 Å². The molecule has 0 bridgehead atoms. The highest BCUT2D eigenvalue weighted by Crippen LogP contribution is 2.32. The summed E-state index contributed by atoms with van der Waals surface area (Å²) in [6.45, 7) is 5.49. The number of carbonyl (C=O) groups excluding carboxylic acids is 1. The second-order valence-corrected chi connectivity index (χ2v) is 7.35. The molecule has 1 spiro atoms. The van der Waals surface area contributed by atoms with Crippen LogP contribution in [-0.4, -0.2) is 61.3 Å². The van der Waals surface area contributed by atoms with Crippen LogP contribution in [0.3, 0.4) is 0 Å². The van der Waals surface area contributed by atoms with Crippen molar-refractivity contribution in [1.29, 1.82) is 0 Å². The standard InChI is InChI=1S/C20H30N2O3/c1-21-17-20(25-19(21)23)10-7-13-22(14-11-20)12-5-6-15-24-16-18-8-3-2-4-9-18/h2-4,8-9H,5-7,10-17H2,1H3/t20-/m1/s1. The van der Waals surface area contributed by atoms with Crippen LogP contribution in [0.2, 0.25) is 0 Å². The quantitative estimate of drug-likeness (QED) is 0.711. The molecule has 3 rings (SSSR count). The van der Waals surface area contributed by atoms with Crippen LogP contribution in [0.15, 0.2) is 30.3 Å². The first-order chi connectivity index (χ1) is 12.2. The zero-order valence-electron chi connectivity index (χ0n) is 15.3. The maximum atomic E-state index is 11.7. The van der Waals surface area contributed by atoms with Gasteiger partial charge < -0.3 is 19.3 Å². The maximum Gasteiger partial charge on any atom is 0.410 e. The Morgan fingerprint density at radius 3 is 2.76 bits per heavy atom. The number of hydrogen-bond acceptors (Lipinski definition) is 4. The lowest BCUT2D eigenvalue weighted by molar-refractivity contribution is 0.0443. The van der Waals surface area contributed by atoms with Crippen molar-refractivity contribution < 1.29 is 14.3 Å². The molecule has 0 aliphatic carbocycles. The number of hydrogen-bond donors (Lipinski definition) is 0. The van der Waals surface area contributed by atoms with Crippen molar-refractivity contribution in [3.05, 3.63) is 35.9 Å². The number of carbonyl (C=O) groups is 1. The van der Waals surface area contributed by atoms with E-state index in [1.807, 2.05) is 25.2 Å². The first-order valence-corrected chi connectivity index (χ1v) is 9.45. The Labute approximate surface area is 150 Å². The minimum atomic E-state index is -0.237. The molecule has 5 nitrogen and oxygen atoms in total. The molecule has 2 saturated heterocycles. The monoisotopic (exact) mass is 346 g/mol. The Hall–Kier alpha value is -1.59. The average molecular weight is 346 g/mol. The number of benzene rings is 1. The number of unbranched alkanes of at least 4 members (excludes halogenated alkanes) is 1. The van der Waals surface area contributed by atoms with Crippen LogP contribution in [0.1, 0.15) is 37.7 Å². The molecule has 0 radical (unpaired) electrons. The maximum absolute atomic E-state index is 11.7. The van der Waals surface area contributed by atoms with E-state index < -0.39 is 0 Å². The van der Waals surface area contributed by atoms with E-state index in [9.17, 15) is 4.79 Å². The first-order valence-electron chi connectivity index (χ1n) is 9.45. The molecule has 1 aromatic carbocycles. The van der Waals surface area contributed by atoms with Gasteiger partial charge in [0, 0.05) is 26.6 Å².